The average Bonchev–Trinajstić information content (AvgIpc) is 2.32. The van der Waals surface area contributed by atoms with Gasteiger partial charge in [-0.15, -0.1) is 0 Å². The maximum Gasteiger partial charge on any atom is 0.143 e. The molecular formula is C12H8Br2Cl2N2. The third kappa shape index (κ3) is 3.60. The van der Waals surface area contributed by atoms with E-state index in [0.717, 1.165) is 25.2 Å². The van der Waals surface area contributed by atoms with Crippen molar-refractivity contribution in [1.82, 2.24) is 4.98 Å². The highest BCUT2D eigenvalue weighted by Crippen LogP contribution is 2.25. The van der Waals surface area contributed by atoms with Crippen LogP contribution < -0.4 is 5.32 Å². The fourth-order valence-corrected chi connectivity index (χ4v) is 2.57. The number of nitrogens with one attached hydrogen (secondary N) is 1. The first-order chi connectivity index (χ1) is 8.56. The first-order valence-corrected chi connectivity index (χ1v) is 7.39. The van der Waals surface area contributed by atoms with E-state index in [4.69, 9.17) is 23.2 Å². The molecule has 18 heavy (non-hydrogen) atoms. The summed E-state index contributed by atoms with van der Waals surface area (Å²) < 4.78 is 1.73. The highest BCUT2D eigenvalue weighted by Gasteiger charge is 2.03. The number of hydrogen-bond acceptors (Lipinski definition) is 2. The lowest BCUT2D eigenvalue weighted by molar-refractivity contribution is 1.13. The number of halogens is 4. The van der Waals surface area contributed by atoms with Crippen LogP contribution >= 0.6 is 55.1 Å². The maximum atomic E-state index is 6.14. The van der Waals surface area contributed by atoms with Gasteiger partial charge in [0.15, 0.2) is 0 Å². The minimum absolute atomic E-state index is 0.447. The second-order valence-electron chi connectivity index (χ2n) is 3.59. The molecule has 1 aromatic carbocycles. The van der Waals surface area contributed by atoms with Gasteiger partial charge in [-0.3, -0.25) is 0 Å². The number of nitrogens with zero attached hydrogens (tertiary/aromatic N) is 1. The van der Waals surface area contributed by atoms with Crippen molar-refractivity contribution in [3.05, 3.63) is 55.1 Å². The van der Waals surface area contributed by atoms with E-state index in [-0.39, 0.29) is 0 Å². The normalized spacial score (nSPS) is 10.4. The first-order valence-electron chi connectivity index (χ1n) is 5.05. The van der Waals surface area contributed by atoms with E-state index < -0.39 is 0 Å². The molecule has 2 aromatic rings. The molecule has 94 valence electrons. The summed E-state index contributed by atoms with van der Waals surface area (Å²) in [4.78, 5) is 4.04. The largest absolute Gasteiger partial charge is 0.380 e. The molecule has 0 saturated heterocycles. The Kier molecular flexibility index (Phi) is 4.90. The van der Waals surface area contributed by atoms with E-state index in [2.05, 4.69) is 42.2 Å². The summed E-state index contributed by atoms with van der Waals surface area (Å²) in [5, 5.41) is 4.41. The SMILES string of the molecule is Clc1cc(Br)ccc1CNc1cnc(Cl)c(Br)c1. The Bertz CT molecular complexity index is 576. The van der Waals surface area contributed by atoms with Gasteiger partial charge in [0.1, 0.15) is 5.15 Å². The smallest absolute Gasteiger partial charge is 0.143 e. The molecule has 0 bridgehead atoms. The summed E-state index contributed by atoms with van der Waals surface area (Å²) in [6.45, 7) is 0.627. The second kappa shape index (κ2) is 6.24. The van der Waals surface area contributed by atoms with Crippen LogP contribution in [0, 0.1) is 0 Å². The Labute approximate surface area is 132 Å². The van der Waals surface area contributed by atoms with Crippen LogP contribution in [0.25, 0.3) is 0 Å². The van der Waals surface area contributed by atoms with Crippen molar-refractivity contribution in [3.63, 3.8) is 0 Å². The molecule has 0 aliphatic carbocycles. The molecule has 6 heteroatoms. The summed E-state index contributed by atoms with van der Waals surface area (Å²) in [6.07, 6.45) is 1.68. The van der Waals surface area contributed by atoms with E-state index in [1.54, 1.807) is 6.20 Å². The minimum Gasteiger partial charge on any atom is -0.380 e. The molecule has 2 rings (SSSR count). The number of anilines is 1. The quantitative estimate of drug-likeness (QED) is 0.673. The summed E-state index contributed by atoms with van der Waals surface area (Å²) in [5.41, 5.74) is 1.90. The van der Waals surface area contributed by atoms with Gasteiger partial charge in [0.05, 0.1) is 16.4 Å². The summed E-state index contributed by atoms with van der Waals surface area (Å²) in [7, 11) is 0. The first kappa shape index (κ1) is 14.1. The third-order valence-corrected chi connectivity index (χ3v) is 4.27. The van der Waals surface area contributed by atoms with Crippen LogP contribution in [0.4, 0.5) is 5.69 Å². The zero-order valence-corrected chi connectivity index (χ0v) is 13.7. The highest BCUT2D eigenvalue weighted by molar-refractivity contribution is 9.10. The second-order valence-corrected chi connectivity index (χ2v) is 6.12. The fraction of sp³-hybridized carbons (Fsp3) is 0.0833. The number of aromatic nitrogens is 1. The fourth-order valence-electron chi connectivity index (χ4n) is 1.38. The molecule has 0 aliphatic rings. The minimum atomic E-state index is 0.447. The van der Waals surface area contributed by atoms with Gasteiger partial charge in [0, 0.05) is 16.0 Å². The predicted molar refractivity (Wildman–Crippen MR) is 83.4 cm³/mol. The van der Waals surface area contributed by atoms with Gasteiger partial charge in [-0.1, -0.05) is 45.2 Å². The predicted octanol–water partition coefficient (Wildman–Crippen LogP) is 5.53. The van der Waals surface area contributed by atoms with E-state index in [1.165, 1.54) is 0 Å². The molecule has 0 fully saturated rings. The summed E-state index contributed by atoms with van der Waals surface area (Å²) in [5.74, 6) is 0. The van der Waals surface area contributed by atoms with Crippen LogP contribution in [0.2, 0.25) is 10.2 Å². The molecule has 1 heterocycles. The number of pyridine rings is 1. The molecule has 2 nitrogen and oxygen atoms in total. The molecule has 1 aromatic heterocycles. The molecule has 0 radical (unpaired) electrons. The highest BCUT2D eigenvalue weighted by atomic mass is 79.9. The average molecular weight is 411 g/mol. The van der Waals surface area contributed by atoms with Crippen LogP contribution in [-0.2, 0) is 6.54 Å². The van der Waals surface area contributed by atoms with Gasteiger partial charge in [0.2, 0.25) is 0 Å². The van der Waals surface area contributed by atoms with Crippen LogP contribution in [0.15, 0.2) is 39.4 Å². The number of benzene rings is 1. The van der Waals surface area contributed by atoms with Crippen molar-refractivity contribution in [3.8, 4) is 0 Å². The van der Waals surface area contributed by atoms with Crippen LogP contribution in [0.5, 0.6) is 0 Å². The van der Waals surface area contributed by atoms with Crippen LogP contribution in [0.3, 0.4) is 0 Å². The molecule has 0 amide bonds. The molecule has 0 spiro atoms. The van der Waals surface area contributed by atoms with E-state index in [1.807, 2.05) is 24.3 Å². The molecule has 0 aliphatic heterocycles. The summed E-state index contributed by atoms with van der Waals surface area (Å²) >= 11 is 18.7. The van der Waals surface area contributed by atoms with Gasteiger partial charge >= 0.3 is 0 Å². The van der Waals surface area contributed by atoms with Gasteiger partial charge in [0.25, 0.3) is 0 Å². The molecular weight excluding hydrogens is 403 g/mol. The van der Waals surface area contributed by atoms with Gasteiger partial charge in [-0.05, 0) is 39.7 Å². The molecule has 0 unspecified atom stereocenters. The Hall–Kier alpha value is -0.290. The van der Waals surface area contributed by atoms with Crippen molar-refractivity contribution < 1.29 is 0 Å². The number of rotatable bonds is 3. The maximum absolute atomic E-state index is 6.14. The standard InChI is InChI=1S/C12H8Br2Cl2N2/c13-8-2-1-7(11(15)3-8)5-17-9-4-10(14)12(16)18-6-9/h1-4,6,17H,5H2. The van der Waals surface area contributed by atoms with E-state index in [9.17, 15) is 0 Å². The van der Waals surface area contributed by atoms with E-state index >= 15 is 0 Å². The van der Waals surface area contributed by atoms with E-state index in [0.29, 0.717) is 11.7 Å². The lowest BCUT2D eigenvalue weighted by Gasteiger charge is -2.08. The van der Waals surface area contributed by atoms with Crippen molar-refractivity contribution in [1.29, 1.82) is 0 Å². The van der Waals surface area contributed by atoms with Crippen LogP contribution in [-0.4, -0.2) is 4.98 Å². The Morgan fingerprint density at radius 1 is 1.17 bits per heavy atom. The van der Waals surface area contributed by atoms with Crippen LogP contribution in [0.1, 0.15) is 5.56 Å². The Morgan fingerprint density at radius 2 is 1.94 bits per heavy atom. The van der Waals surface area contributed by atoms with Gasteiger partial charge < -0.3 is 5.32 Å². The molecule has 0 atom stereocenters. The molecule has 1 N–H and O–H groups in total. The Balaban J connectivity index is 2.09. The third-order valence-electron chi connectivity index (χ3n) is 2.29. The topological polar surface area (TPSA) is 24.9 Å². The van der Waals surface area contributed by atoms with Gasteiger partial charge in [-0.25, -0.2) is 4.98 Å². The van der Waals surface area contributed by atoms with Crippen molar-refractivity contribution in [2.24, 2.45) is 0 Å². The monoisotopic (exact) mass is 408 g/mol. The number of hydrogen-bond donors (Lipinski definition) is 1. The summed E-state index contributed by atoms with van der Waals surface area (Å²) in [6, 6.07) is 7.67. The van der Waals surface area contributed by atoms with Crippen molar-refractivity contribution in [2.45, 2.75) is 6.54 Å². The lowest BCUT2D eigenvalue weighted by atomic mass is 10.2. The van der Waals surface area contributed by atoms with Crippen molar-refractivity contribution in [2.75, 3.05) is 5.32 Å². The Morgan fingerprint density at radius 3 is 2.61 bits per heavy atom. The zero-order valence-electron chi connectivity index (χ0n) is 9.05. The molecule has 0 saturated carbocycles. The van der Waals surface area contributed by atoms with Gasteiger partial charge in [-0.2, -0.15) is 0 Å². The van der Waals surface area contributed by atoms with Crippen molar-refractivity contribution >= 4 is 60.7 Å². The zero-order chi connectivity index (χ0) is 13.1. The lowest BCUT2D eigenvalue weighted by Crippen LogP contribution is -2.00.